The molecule has 0 saturated heterocycles. The standard InChI is InChI=1S/C25H21N3O6S/c1-13-4-5-16(8-14(13)2)28-24(31)23-19(6-7-35-23)27(25(28)32)11-22(30)26-18-10-21-20(33-12-34-21)9-17(18)15(3)29/h4-10H,11-12H2,1-3H3,(H,26,30). The molecular weight excluding hydrogens is 470 g/mol. The van der Waals surface area contributed by atoms with E-state index in [1.54, 1.807) is 23.6 Å². The van der Waals surface area contributed by atoms with Crippen LogP contribution in [0.2, 0.25) is 0 Å². The van der Waals surface area contributed by atoms with Gasteiger partial charge >= 0.3 is 5.69 Å². The van der Waals surface area contributed by atoms with Gasteiger partial charge in [0.2, 0.25) is 12.7 Å². The number of hydrogen-bond donors (Lipinski definition) is 1. The van der Waals surface area contributed by atoms with Gasteiger partial charge in [0.25, 0.3) is 5.56 Å². The minimum Gasteiger partial charge on any atom is -0.454 e. The van der Waals surface area contributed by atoms with Crippen LogP contribution in [0, 0.1) is 13.8 Å². The lowest BCUT2D eigenvalue weighted by Crippen LogP contribution is -2.40. The van der Waals surface area contributed by atoms with Crippen LogP contribution in [-0.2, 0) is 11.3 Å². The van der Waals surface area contributed by atoms with Crippen molar-refractivity contribution in [1.82, 2.24) is 9.13 Å². The number of rotatable bonds is 5. The third kappa shape index (κ3) is 3.91. The maximum Gasteiger partial charge on any atom is 0.336 e. The number of Topliss-reactive ketones (excluding diaryl/α,β-unsaturated/α-hetero) is 1. The van der Waals surface area contributed by atoms with Crippen molar-refractivity contribution in [3.8, 4) is 17.2 Å². The Balaban J connectivity index is 1.56. The summed E-state index contributed by atoms with van der Waals surface area (Å²) in [5.74, 6) is 0.0291. The van der Waals surface area contributed by atoms with Gasteiger partial charge in [-0.2, -0.15) is 0 Å². The molecule has 0 fully saturated rings. The van der Waals surface area contributed by atoms with Gasteiger partial charge in [0.1, 0.15) is 11.2 Å². The lowest BCUT2D eigenvalue weighted by Gasteiger charge is -2.14. The largest absolute Gasteiger partial charge is 0.454 e. The summed E-state index contributed by atoms with van der Waals surface area (Å²) < 4.78 is 13.4. The fourth-order valence-electron chi connectivity index (χ4n) is 4.00. The van der Waals surface area contributed by atoms with Crippen molar-refractivity contribution >= 4 is 38.9 Å². The van der Waals surface area contributed by atoms with E-state index in [-0.39, 0.29) is 30.4 Å². The highest BCUT2D eigenvalue weighted by Crippen LogP contribution is 2.37. The van der Waals surface area contributed by atoms with Gasteiger partial charge in [0, 0.05) is 11.6 Å². The number of benzene rings is 2. The molecule has 3 heterocycles. The Morgan fingerprint density at radius 2 is 1.77 bits per heavy atom. The number of ketones is 1. The van der Waals surface area contributed by atoms with E-state index in [9.17, 15) is 19.2 Å². The van der Waals surface area contributed by atoms with Crippen LogP contribution in [0.4, 0.5) is 5.69 Å². The van der Waals surface area contributed by atoms with Crippen molar-refractivity contribution in [1.29, 1.82) is 0 Å². The van der Waals surface area contributed by atoms with E-state index in [0.717, 1.165) is 15.7 Å². The second kappa shape index (κ2) is 8.55. The number of carbonyl (C=O) groups is 2. The van der Waals surface area contributed by atoms with Crippen molar-refractivity contribution < 1.29 is 19.1 Å². The van der Waals surface area contributed by atoms with E-state index in [2.05, 4.69) is 5.32 Å². The van der Waals surface area contributed by atoms with Crippen LogP contribution < -0.4 is 26.0 Å². The molecule has 2 aromatic carbocycles. The molecule has 0 bridgehead atoms. The Kier molecular flexibility index (Phi) is 5.52. The first-order valence-electron chi connectivity index (χ1n) is 10.8. The molecule has 0 spiro atoms. The zero-order valence-electron chi connectivity index (χ0n) is 19.2. The van der Waals surface area contributed by atoms with Gasteiger partial charge in [-0.3, -0.25) is 19.0 Å². The molecule has 1 amide bonds. The first-order chi connectivity index (χ1) is 16.7. The SMILES string of the molecule is CC(=O)c1cc2c(cc1NC(=O)Cn1c(=O)n(-c3ccc(C)c(C)c3)c(=O)c3sccc31)OCO2. The zero-order valence-corrected chi connectivity index (χ0v) is 20.0. The summed E-state index contributed by atoms with van der Waals surface area (Å²) >= 11 is 1.20. The van der Waals surface area contributed by atoms with E-state index in [1.807, 2.05) is 19.9 Å². The molecule has 0 atom stereocenters. The predicted molar refractivity (Wildman–Crippen MR) is 132 cm³/mol. The van der Waals surface area contributed by atoms with Crippen LogP contribution in [0.3, 0.4) is 0 Å². The summed E-state index contributed by atoms with van der Waals surface area (Å²) in [6, 6.07) is 10.0. The summed E-state index contributed by atoms with van der Waals surface area (Å²) in [5, 5.41) is 4.41. The van der Waals surface area contributed by atoms with Crippen LogP contribution in [0.15, 0.2) is 51.4 Å². The van der Waals surface area contributed by atoms with Crippen molar-refractivity contribution in [2.24, 2.45) is 0 Å². The van der Waals surface area contributed by atoms with Crippen LogP contribution >= 0.6 is 11.3 Å². The topological polar surface area (TPSA) is 109 Å². The molecule has 0 radical (unpaired) electrons. The van der Waals surface area contributed by atoms with E-state index >= 15 is 0 Å². The molecule has 178 valence electrons. The molecule has 35 heavy (non-hydrogen) atoms. The van der Waals surface area contributed by atoms with Crippen molar-refractivity contribution in [2.45, 2.75) is 27.3 Å². The average Bonchev–Trinajstić information content (AvgIpc) is 3.48. The van der Waals surface area contributed by atoms with Crippen molar-refractivity contribution in [3.05, 3.63) is 79.3 Å². The van der Waals surface area contributed by atoms with Crippen LogP contribution in [0.5, 0.6) is 11.5 Å². The number of aromatic nitrogens is 2. The number of carbonyl (C=O) groups excluding carboxylic acids is 2. The number of ether oxygens (including phenoxy) is 2. The molecule has 0 aliphatic carbocycles. The number of hydrogen-bond acceptors (Lipinski definition) is 7. The smallest absolute Gasteiger partial charge is 0.336 e. The van der Waals surface area contributed by atoms with Gasteiger partial charge < -0.3 is 14.8 Å². The first-order valence-corrected chi connectivity index (χ1v) is 11.7. The Labute approximate surface area is 203 Å². The fourth-order valence-corrected chi connectivity index (χ4v) is 4.83. The highest BCUT2D eigenvalue weighted by molar-refractivity contribution is 7.17. The zero-order chi connectivity index (χ0) is 24.9. The lowest BCUT2D eigenvalue weighted by molar-refractivity contribution is -0.116. The number of anilines is 1. The first kappa shape index (κ1) is 22.6. The fraction of sp³-hybridized carbons (Fsp3) is 0.200. The Morgan fingerprint density at radius 3 is 2.49 bits per heavy atom. The van der Waals surface area contributed by atoms with Gasteiger partial charge in [0.15, 0.2) is 17.3 Å². The summed E-state index contributed by atoms with van der Waals surface area (Å²) in [6.45, 7) is 4.89. The van der Waals surface area contributed by atoms with E-state index in [1.165, 1.54) is 35.0 Å². The van der Waals surface area contributed by atoms with Crippen LogP contribution in [0.25, 0.3) is 15.9 Å². The molecule has 1 aliphatic heterocycles. The van der Waals surface area contributed by atoms with Crippen LogP contribution in [0.1, 0.15) is 28.4 Å². The number of fused-ring (bicyclic) bond motifs is 2. The molecule has 5 rings (SSSR count). The van der Waals surface area contributed by atoms with E-state index in [4.69, 9.17) is 9.47 Å². The molecule has 1 aliphatic rings. The Morgan fingerprint density at radius 1 is 1.03 bits per heavy atom. The molecule has 0 unspecified atom stereocenters. The van der Waals surface area contributed by atoms with Gasteiger partial charge in [-0.05, 0) is 61.5 Å². The highest BCUT2D eigenvalue weighted by atomic mass is 32.1. The molecule has 9 nitrogen and oxygen atoms in total. The number of nitrogens with one attached hydrogen (secondary N) is 1. The third-order valence-corrected chi connectivity index (χ3v) is 6.86. The number of nitrogens with zero attached hydrogens (tertiary/aromatic N) is 2. The second-order valence-corrected chi connectivity index (χ2v) is 9.18. The summed E-state index contributed by atoms with van der Waals surface area (Å²) in [6.07, 6.45) is 0. The number of aryl methyl sites for hydroxylation is 2. The van der Waals surface area contributed by atoms with Crippen molar-refractivity contribution in [3.63, 3.8) is 0 Å². The summed E-state index contributed by atoms with van der Waals surface area (Å²) in [4.78, 5) is 51.9. The molecule has 10 heteroatoms. The Hall–Kier alpha value is -4.18. The molecule has 4 aromatic rings. The highest BCUT2D eigenvalue weighted by Gasteiger charge is 2.22. The third-order valence-electron chi connectivity index (χ3n) is 5.97. The second-order valence-electron chi connectivity index (χ2n) is 8.27. The normalized spacial score (nSPS) is 12.2. The number of thiophene rings is 1. The summed E-state index contributed by atoms with van der Waals surface area (Å²) in [7, 11) is 0. The lowest BCUT2D eigenvalue weighted by atomic mass is 10.1. The monoisotopic (exact) mass is 491 g/mol. The van der Waals surface area contributed by atoms with Crippen LogP contribution in [-0.4, -0.2) is 27.6 Å². The van der Waals surface area contributed by atoms with E-state index in [0.29, 0.717) is 27.4 Å². The van der Waals surface area contributed by atoms with Crippen molar-refractivity contribution in [2.75, 3.05) is 12.1 Å². The molecule has 0 saturated carbocycles. The van der Waals surface area contributed by atoms with Gasteiger partial charge in [-0.1, -0.05) is 6.07 Å². The average molecular weight is 492 g/mol. The minimum absolute atomic E-state index is 0.0235. The van der Waals surface area contributed by atoms with Gasteiger partial charge in [-0.25, -0.2) is 9.36 Å². The predicted octanol–water partition coefficient (Wildman–Crippen LogP) is 3.40. The maximum absolute atomic E-state index is 13.5. The minimum atomic E-state index is -0.628. The van der Waals surface area contributed by atoms with Gasteiger partial charge in [0.05, 0.1) is 16.9 Å². The molecular formula is C25H21N3O6S. The van der Waals surface area contributed by atoms with E-state index < -0.39 is 17.2 Å². The number of amides is 1. The maximum atomic E-state index is 13.5. The quantitative estimate of drug-likeness (QED) is 0.429. The molecule has 2 aromatic heterocycles. The molecule has 1 N–H and O–H groups in total. The Bertz CT molecular complexity index is 1650. The van der Waals surface area contributed by atoms with Gasteiger partial charge in [-0.15, -0.1) is 11.3 Å². The summed E-state index contributed by atoms with van der Waals surface area (Å²) in [5.41, 5.74) is 2.22.